The topological polar surface area (TPSA) is 26.3 Å². The molecule has 4 heteroatoms. The van der Waals surface area contributed by atoms with E-state index in [1.54, 1.807) is 0 Å². The number of carbonyl (C=O) groups is 1. The Morgan fingerprint density at radius 2 is 1.70 bits per heavy atom. The molecule has 2 atom stereocenters. The van der Waals surface area contributed by atoms with Gasteiger partial charge in [-0.25, -0.2) is 0 Å². The Hall–Kier alpha value is -1.06. The third-order valence-electron chi connectivity index (χ3n) is 3.73. The molecule has 0 saturated heterocycles. The van der Waals surface area contributed by atoms with Gasteiger partial charge in [-0.1, -0.05) is 37.3 Å². The van der Waals surface area contributed by atoms with Crippen molar-refractivity contribution in [3.8, 4) is 5.75 Å². The van der Waals surface area contributed by atoms with E-state index in [1.807, 2.05) is 56.3 Å². The molecular formula is C19H24LiO2P. The smallest absolute Gasteiger partial charge is 1.00 e. The molecule has 2 aromatic rings. The predicted octanol–water partition coefficient (Wildman–Crippen LogP) is 1.74. The Labute approximate surface area is 154 Å². The largest absolute Gasteiger partial charge is 1.00 e. The van der Waals surface area contributed by atoms with Crippen molar-refractivity contribution in [1.29, 1.82) is 0 Å². The summed E-state index contributed by atoms with van der Waals surface area (Å²) in [6, 6.07) is 13.9. The van der Waals surface area contributed by atoms with Crippen LogP contribution >= 0.6 is 8.58 Å². The minimum Gasteiger partial charge on any atom is -1.00 e. The molecule has 2 unspecified atom stereocenters. The molecule has 0 aliphatic rings. The molecule has 0 amide bonds. The fourth-order valence-electron chi connectivity index (χ4n) is 2.30. The first-order chi connectivity index (χ1) is 10.5. The van der Waals surface area contributed by atoms with Gasteiger partial charge in [0.25, 0.3) is 0 Å². The fraction of sp³-hybridized carbons (Fsp3) is 0.316. The Bertz CT molecular complexity index is 639. The summed E-state index contributed by atoms with van der Waals surface area (Å²) in [6.07, 6.45) is 1.19. The van der Waals surface area contributed by atoms with Crippen LogP contribution in [0.25, 0.3) is 0 Å². The van der Waals surface area contributed by atoms with Crippen LogP contribution in [0.1, 0.15) is 43.2 Å². The van der Waals surface area contributed by atoms with Crippen LogP contribution in [0.3, 0.4) is 0 Å². The van der Waals surface area contributed by atoms with Gasteiger partial charge < -0.3 is 6.16 Å². The first kappa shape index (κ1) is 20.0. The molecule has 0 spiro atoms. The summed E-state index contributed by atoms with van der Waals surface area (Å²) in [5.74, 6) is 0.863. The van der Waals surface area contributed by atoms with Crippen molar-refractivity contribution >= 4 is 19.4 Å². The molecule has 0 heterocycles. The Morgan fingerprint density at radius 3 is 2.22 bits per heavy atom. The molecule has 0 N–H and O–H groups in total. The SMILES string of the molecule is CCC(C)Oc1ccc(PC(=O)c2c(C)cccc2C)cc1.[H-].[Li+]. The van der Waals surface area contributed by atoms with Crippen LogP contribution in [0, 0.1) is 13.8 Å². The van der Waals surface area contributed by atoms with Gasteiger partial charge in [0.05, 0.1) is 6.10 Å². The van der Waals surface area contributed by atoms with Crippen molar-refractivity contribution in [3.63, 3.8) is 0 Å². The van der Waals surface area contributed by atoms with Gasteiger partial charge in [0, 0.05) is 5.56 Å². The average Bonchev–Trinajstić information content (AvgIpc) is 2.49. The molecule has 0 bridgehead atoms. The van der Waals surface area contributed by atoms with Gasteiger partial charge in [0.2, 0.25) is 0 Å². The monoisotopic (exact) mass is 322 g/mol. The van der Waals surface area contributed by atoms with Crippen LogP contribution in [0.5, 0.6) is 5.75 Å². The predicted molar refractivity (Wildman–Crippen MR) is 96.1 cm³/mol. The molecule has 2 rings (SSSR count). The number of hydrogen-bond acceptors (Lipinski definition) is 2. The van der Waals surface area contributed by atoms with E-state index in [9.17, 15) is 4.79 Å². The minimum atomic E-state index is 0. The van der Waals surface area contributed by atoms with E-state index in [-0.39, 0.29) is 40.5 Å². The first-order valence-electron chi connectivity index (χ1n) is 7.65. The van der Waals surface area contributed by atoms with Crippen LogP contribution in [0.15, 0.2) is 42.5 Å². The molecular weight excluding hydrogens is 298 g/mol. The van der Waals surface area contributed by atoms with Gasteiger partial charge in [-0.3, -0.25) is 4.79 Å². The fourth-order valence-corrected chi connectivity index (χ4v) is 3.41. The average molecular weight is 322 g/mol. The standard InChI is InChI=1S/C19H23O2P.Li.H/c1-5-15(4)21-16-9-11-17(12-10-16)22-19(20)18-13(2)7-6-8-14(18)3;;/h6-12,15,22H,5H2,1-4H3;;/q;+1;-1. The molecule has 0 fully saturated rings. The summed E-state index contributed by atoms with van der Waals surface area (Å²) in [6.45, 7) is 8.14. The van der Waals surface area contributed by atoms with Gasteiger partial charge in [0.15, 0.2) is 5.52 Å². The summed E-state index contributed by atoms with van der Waals surface area (Å²) in [7, 11) is 0.147. The van der Waals surface area contributed by atoms with Crippen molar-refractivity contribution in [2.75, 3.05) is 0 Å². The molecule has 0 radical (unpaired) electrons. The van der Waals surface area contributed by atoms with Gasteiger partial charge in [-0.2, -0.15) is 0 Å². The zero-order valence-corrected chi connectivity index (χ0v) is 15.6. The van der Waals surface area contributed by atoms with E-state index in [0.29, 0.717) is 0 Å². The summed E-state index contributed by atoms with van der Waals surface area (Å²) >= 11 is 0. The molecule has 2 nitrogen and oxygen atoms in total. The van der Waals surface area contributed by atoms with Crippen LogP contribution < -0.4 is 28.9 Å². The Morgan fingerprint density at radius 1 is 1.13 bits per heavy atom. The Balaban J connectivity index is 0.00000264. The second-order valence-corrected chi connectivity index (χ2v) is 6.86. The van der Waals surface area contributed by atoms with Crippen molar-refractivity contribution in [3.05, 3.63) is 59.2 Å². The summed E-state index contributed by atoms with van der Waals surface area (Å²) in [5.41, 5.74) is 3.16. The van der Waals surface area contributed by atoms with Crippen molar-refractivity contribution in [1.82, 2.24) is 0 Å². The number of benzene rings is 2. The van der Waals surface area contributed by atoms with Crippen LogP contribution in [-0.4, -0.2) is 11.6 Å². The minimum absolute atomic E-state index is 0. The van der Waals surface area contributed by atoms with Gasteiger partial charge in [-0.15, -0.1) is 0 Å². The van der Waals surface area contributed by atoms with E-state index in [4.69, 9.17) is 4.74 Å². The van der Waals surface area contributed by atoms with Crippen molar-refractivity contribution in [2.24, 2.45) is 0 Å². The number of hydrogen-bond donors (Lipinski definition) is 0. The third-order valence-corrected chi connectivity index (χ3v) is 4.83. The zero-order chi connectivity index (χ0) is 16.1. The van der Waals surface area contributed by atoms with Crippen LogP contribution in [0.2, 0.25) is 0 Å². The summed E-state index contributed by atoms with van der Waals surface area (Å²) < 4.78 is 5.76. The maximum atomic E-state index is 12.5. The Kier molecular flexibility index (Phi) is 8.07. The molecule has 0 aromatic heterocycles. The number of rotatable bonds is 6. The second-order valence-electron chi connectivity index (χ2n) is 5.58. The molecule has 2 aromatic carbocycles. The van der Waals surface area contributed by atoms with E-state index >= 15 is 0 Å². The molecule has 0 aliphatic carbocycles. The molecule has 0 saturated carbocycles. The molecule has 118 valence electrons. The zero-order valence-electron chi connectivity index (χ0n) is 15.6. The van der Waals surface area contributed by atoms with E-state index in [2.05, 4.69) is 13.8 Å². The van der Waals surface area contributed by atoms with Crippen LogP contribution in [0.4, 0.5) is 0 Å². The van der Waals surface area contributed by atoms with Gasteiger partial charge in [-0.05, 0) is 64.3 Å². The van der Waals surface area contributed by atoms with E-state index in [0.717, 1.165) is 34.2 Å². The molecule has 0 aliphatic heterocycles. The first-order valence-corrected chi connectivity index (χ1v) is 8.65. The van der Waals surface area contributed by atoms with E-state index in [1.165, 1.54) is 0 Å². The van der Waals surface area contributed by atoms with Crippen molar-refractivity contribution in [2.45, 2.75) is 40.2 Å². The second kappa shape index (κ2) is 9.29. The number of aryl methyl sites for hydroxylation is 2. The molecule has 23 heavy (non-hydrogen) atoms. The van der Waals surface area contributed by atoms with Gasteiger partial charge >= 0.3 is 18.9 Å². The quantitative estimate of drug-likeness (QED) is 0.598. The normalized spacial score (nSPS) is 12.0. The third kappa shape index (κ3) is 5.50. The van der Waals surface area contributed by atoms with Gasteiger partial charge in [0.1, 0.15) is 5.75 Å². The van der Waals surface area contributed by atoms with Crippen molar-refractivity contribution < 1.29 is 29.8 Å². The van der Waals surface area contributed by atoms with E-state index < -0.39 is 0 Å². The number of ether oxygens (including phenoxy) is 1. The number of carbonyl (C=O) groups excluding carboxylic acids is 1. The summed E-state index contributed by atoms with van der Waals surface area (Å²) in [5, 5.41) is 1.05. The van der Waals surface area contributed by atoms with Crippen LogP contribution in [-0.2, 0) is 0 Å². The summed E-state index contributed by atoms with van der Waals surface area (Å²) in [4.78, 5) is 12.5. The maximum absolute atomic E-state index is 12.5. The maximum Gasteiger partial charge on any atom is 1.00 e.